The Kier molecular flexibility index (Phi) is 7.83. The van der Waals surface area contributed by atoms with E-state index in [0.29, 0.717) is 19.2 Å². The van der Waals surface area contributed by atoms with Crippen LogP contribution >= 0.6 is 0 Å². The number of ether oxygens (including phenoxy) is 1. The van der Waals surface area contributed by atoms with Crippen LogP contribution in [-0.2, 0) is 14.3 Å². The van der Waals surface area contributed by atoms with Crippen LogP contribution in [0.2, 0.25) is 0 Å². The fourth-order valence-corrected chi connectivity index (χ4v) is 4.72. The number of nitrogens with one attached hydrogen (secondary N) is 2. The van der Waals surface area contributed by atoms with Crippen LogP contribution in [0.15, 0.2) is 60.8 Å². The molecule has 9 nitrogen and oxygen atoms in total. The Morgan fingerprint density at radius 1 is 0.947 bits per heavy atom. The molecule has 2 saturated heterocycles. The highest BCUT2D eigenvalue weighted by Gasteiger charge is 2.24. The number of nitrogens with zero attached hydrogens (tertiary/aromatic N) is 4. The predicted octanol–water partition coefficient (Wildman–Crippen LogP) is 4.17. The second-order valence-electron chi connectivity index (χ2n) is 10.0. The summed E-state index contributed by atoms with van der Waals surface area (Å²) in [6, 6.07) is 17.7. The molecular formula is C29H34N6O3. The first kappa shape index (κ1) is 25.7. The minimum absolute atomic E-state index is 0.00159. The molecular weight excluding hydrogens is 480 g/mol. The molecule has 198 valence electrons. The van der Waals surface area contributed by atoms with Gasteiger partial charge in [0.05, 0.1) is 18.2 Å². The molecule has 0 aliphatic carbocycles. The van der Waals surface area contributed by atoms with Gasteiger partial charge in [-0.25, -0.2) is 9.97 Å². The van der Waals surface area contributed by atoms with Crippen molar-refractivity contribution in [3.8, 4) is 11.3 Å². The number of aromatic nitrogens is 2. The Labute approximate surface area is 223 Å². The van der Waals surface area contributed by atoms with E-state index in [9.17, 15) is 9.59 Å². The molecule has 1 unspecified atom stereocenters. The quantitative estimate of drug-likeness (QED) is 0.488. The van der Waals surface area contributed by atoms with E-state index < -0.39 is 0 Å². The third-order valence-corrected chi connectivity index (χ3v) is 6.98. The number of amides is 2. The third kappa shape index (κ3) is 6.11. The van der Waals surface area contributed by atoms with Gasteiger partial charge in [-0.2, -0.15) is 0 Å². The van der Waals surface area contributed by atoms with E-state index in [2.05, 4.69) is 37.6 Å². The number of benzene rings is 2. The summed E-state index contributed by atoms with van der Waals surface area (Å²) in [6.07, 6.45) is 2.49. The zero-order chi connectivity index (χ0) is 26.5. The molecule has 2 N–H and O–H groups in total. The Hall–Kier alpha value is -3.98. The molecule has 2 fully saturated rings. The zero-order valence-corrected chi connectivity index (χ0v) is 21.9. The summed E-state index contributed by atoms with van der Waals surface area (Å²) in [5.41, 5.74) is 4.51. The highest BCUT2D eigenvalue weighted by atomic mass is 16.5. The van der Waals surface area contributed by atoms with E-state index in [1.807, 2.05) is 61.2 Å². The minimum Gasteiger partial charge on any atom is -0.381 e. The lowest BCUT2D eigenvalue weighted by molar-refractivity contribution is -0.134. The molecule has 0 saturated carbocycles. The second kappa shape index (κ2) is 11.6. The topological polar surface area (TPSA) is 99.7 Å². The van der Waals surface area contributed by atoms with Gasteiger partial charge in [-0.15, -0.1) is 0 Å². The van der Waals surface area contributed by atoms with Crippen LogP contribution in [0.3, 0.4) is 0 Å². The van der Waals surface area contributed by atoms with Crippen LogP contribution in [0, 0.1) is 11.8 Å². The average Bonchev–Trinajstić information content (AvgIpc) is 3.49. The maximum absolute atomic E-state index is 12.3. The maximum Gasteiger partial charge on any atom is 0.229 e. The average molecular weight is 515 g/mol. The predicted molar refractivity (Wildman–Crippen MR) is 148 cm³/mol. The van der Waals surface area contributed by atoms with Gasteiger partial charge in [0.15, 0.2) is 0 Å². The summed E-state index contributed by atoms with van der Waals surface area (Å²) >= 11 is 0. The van der Waals surface area contributed by atoms with E-state index in [0.717, 1.165) is 60.9 Å². The molecule has 2 aliphatic rings. The number of piperazine rings is 1. The number of rotatable bonds is 7. The lowest BCUT2D eigenvalue weighted by Crippen LogP contribution is -2.49. The smallest absolute Gasteiger partial charge is 0.229 e. The monoisotopic (exact) mass is 514 g/mol. The van der Waals surface area contributed by atoms with E-state index in [1.54, 1.807) is 6.20 Å². The Morgan fingerprint density at radius 3 is 2.32 bits per heavy atom. The van der Waals surface area contributed by atoms with Gasteiger partial charge in [0.25, 0.3) is 0 Å². The molecule has 9 heteroatoms. The van der Waals surface area contributed by atoms with E-state index in [-0.39, 0.29) is 23.7 Å². The van der Waals surface area contributed by atoms with Crippen molar-refractivity contribution in [1.29, 1.82) is 0 Å². The molecule has 2 amide bonds. The van der Waals surface area contributed by atoms with E-state index >= 15 is 0 Å². The summed E-state index contributed by atoms with van der Waals surface area (Å²) in [7, 11) is 0. The van der Waals surface area contributed by atoms with Crippen molar-refractivity contribution in [2.75, 3.05) is 54.9 Å². The number of hydrogen-bond donors (Lipinski definition) is 2. The van der Waals surface area contributed by atoms with Gasteiger partial charge in [-0.1, -0.05) is 26.0 Å². The maximum atomic E-state index is 12.3. The van der Waals surface area contributed by atoms with Gasteiger partial charge in [-0.05, 0) is 48.9 Å². The number of carbonyl (C=O) groups is 2. The Balaban J connectivity index is 1.17. The van der Waals surface area contributed by atoms with Crippen molar-refractivity contribution < 1.29 is 14.3 Å². The van der Waals surface area contributed by atoms with E-state index in [4.69, 9.17) is 4.74 Å². The van der Waals surface area contributed by atoms with E-state index in [1.165, 1.54) is 0 Å². The second-order valence-corrected chi connectivity index (χ2v) is 10.0. The van der Waals surface area contributed by atoms with Crippen LogP contribution in [0.1, 0.15) is 20.3 Å². The minimum atomic E-state index is -0.0788. The summed E-state index contributed by atoms with van der Waals surface area (Å²) < 4.78 is 5.30. The highest BCUT2D eigenvalue weighted by molar-refractivity contribution is 5.93. The van der Waals surface area contributed by atoms with Gasteiger partial charge in [0.1, 0.15) is 0 Å². The Bertz CT molecular complexity index is 1250. The van der Waals surface area contributed by atoms with Crippen molar-refractivity contribution in [2.24, 2.45) is 11.8 Å². The molecule has 3 heterocycles. The molecule has 0 radical (unpaired) electrons. The largest absolute Gasteiger partial charge is 0.381 e. The third-order valence-electron chi connectivity index (χ3n) is 6.98. The van der Waals surface area contributed by atoms with Gasteiger partial charge >= 0.3 is 0 Å². The normalized spacial score (nSPS) is 17.5. The summed E-state index contributed by atoms with van der Waals surface area (Å²) in [5.74, 6) is 0.693. The standard InChI is InChI=1S/C29H34N6O3/c1-20(2)28(37)35-16-14-34(15-17-35)25-9-7-24(8-10-25)32-29-30-13-11-26(33-29)21-3-5-23(6-4-21)31-27(36)22-12-18-38-19-22/h3-11,13,20,22H,12,14-19H2,1-2H3,(H,31,36)(H,30,32,33). The van der Waals surface area contributed by atoms with Crippen molar-refractivity contribution in [3.05, 3.63) is 60.8 Å². The van der Waals surface area contributed by atoms with Crippen LogP contribution in [0.25, 0.3) is 11.3 Å². The number of hydrogen-bond acceptors (Lipinski definition) is 7. The summed E-state index contributed by atoms with van der Waals surface area (Å²) in [4.78, 5) is 37.9. The van der Waals surface area contributed by atoms with Gasteiger partial charge < -0.3 is 25.2 Å². The van der Waals surface area contributed by atoms with Crippen LogP contribution < -0.4 is 15.5 Å². The van der Waals surface area contributed by atoms with Crippen LogP contribution in [0.4, 0.5) is 23.0 Å². The first-order chi connectivity index (χ1) is 18.5. The lowest BCUT2D eigenvalue weighted by Gasteiger charge is -2.37. The molecule has 0 bridgehead atoms. The molecule has 1 aromatic heterocycles. The number of carbonyl (C=O) groups excluding carboxylic acids is 2. The van der Waals surface area contributed by atoms with Crippen LogP contribution in [-0.4, -0.2) is 66.1 Å². The first-order valence-electron chi connectivity index (χ1n) is 13.2. The zero-order valence-electron chi connectivity index (χ0n) is 21.9. The molecule has 3 aromatic rings. The highest BCUT2D eigenvalue weighted by Crippen LogP contribution is 2.24. The van der Waals surface area contributed by atoms with Gasteiger partial charge in [0, 0.05) is 67.5 Å². The summed E-state index contributed by atoms with van der Waals surface area (Å²) in [6.45, 7) is 8.18. The van der Waals surface area contributed by atoms with Gasteiger partial charge in [-0.3, -0.25) is 9.59 Å². The number of anilines is 4. The van der Waals surface area contributed by atoms with Crippen molar-refractivity contribution >= 4 is 34.8 Å². The van der Waals surface area contributed by atoms with Crippen LogP contribution in [0.5, 0.6) is 0 Å². The SMILES string of the molecule is CC(C)C(=O)N1CCN(c2ccc(Nc3nccc(-c4ccc(NC(=O)C5CCOC5)cc4)n3)cc2)CC1. The molecule has 2 aromatic carbocycles. The molecule has 5 rings (SSSR count). The first-order valence-corrected chi connectivity index (χ1v) is 13.2. The molecule has 0 spiro atoms. The fraction of sp³-hybridized carbons (Fsp3) is 0.379. The Morgan fingerprint density at radius 2 is 1.66 bits per heavy atom. The van der Waals surface area contributed by atoms with Crippen molar-refractivity contribution in [1.82, 2.24) is 14.9 Å². The summed E-state index contributed by atoms with van der Waals surface area (Å²) in [5, 5.41) is 6.25. The molecule has 2 aliphatic heterocycles. The fourth-order valence-electron chi connectivity index (χ4n) is 4.72. The molecule has 38 heavy (non-hydrogen) atoms. The molecule has 1 atom stereocenters. The lowest BCUT2D eigenvalue weighted by atomic mass is 10.1. The van der Waals surface area contributed by atoms with Crippen molar-refractivity contribution in [3.63, 3.8) is 0 Å². The van der Waals surface area contributed by atoms with Gasteiger partial charge in [0.2, 0.25) is 17.8 Å². The van der Waals surface area contributed by atoms with Crippen molar-refractivity contribution in [2.45, 2.75) is 20.3 Å².